The number of carboxylic acids is 1. The first-order valence-corrected chi connectivity index (χ1v) is 11.4. The number of carbonyl (C=O) groups excluding carboxylic acids is 2. The number of thiazole rings is 1. The summed E-state index contributed by atoms with van der Waals surface area (Å²) in [5, 5.41) is 24.0. The van der Waals surface area contributed by atoms with Crippen LogP contribution in [0.25, 0.3) is 0 Å². The number of nitrogens with one attached hydrogen (secondary N) is 1. The summed E-state index contributed by atoms with van der Waals surface area (Å²) in [6.07, 6.45) is 1.58. The first-order valence-electron chi connectivity index (χ1n) is 8.60. The highest BCUT2D eigenvalue weighted by molar-refractivity contribution is 8.01. The molecule has 2 aliphatic heterocycles. The molecule has 2 aliphatic rings. The van der Waals surface area contributed by atoms with E-state index in [4.69, 9.17) is 5.73 Å². The maximum absolute atomic E-state index is 12.7. The third-order valence-electron chi connectivity index (χ3n) is 4.43. The minimum Gasteiger partial charge on any atom is -0.477 e. The first-order chi connectivity index (χ1) is 14.3. The van der Waals surface area contributed by atoms with Gasteiger partial charge < -0.3 is 16.2 Å². The van der Waals surface area contributed by atoms with Gasteiger partial charge >= 0.3 is 5.97 Å². The normalized spacial score (nSPS) is 20.7. The van der Waals surface area contributed by atoms with Crippen LogP contribution in [0.5, 0.6) is 0 Å². The number of aliphatic carboxylic acids is 1. The molecule has 0 aromatic carbocycles. The van der Waals surface area contributed by atoms with Crippen molar-refractivity contribution in [3.8, 4) is 0 Å². The average molecular weight is 469 g/mol. The summed E-state index contributed by atoms with van der Waals surface area (Å²) < 4.78 is 1.49. The fourth-order valence-electron chi connectivity index (χ4n) is 3.08. The number of thioether (sulfide) groups is 2. The lowest BCUT2D eigenvalue weighted by molar-refractivity contribution is -0.150. The number of nitrogens with zero attached hydrogens (tertiary/aromatic N) is 6. The SMILES string of the molecule is Cn1nnnc1SCC1=C(C(=O)O)N2C(=O)C(NC(=O)Cc3cnc(N)s3)[C@@H]2SC1. The number of amides is 2. The number of aromatic nitrogens is 5. The monoisotopic (exact) mass is 468 g/mol. The van der Waals surface area contributed by atoms with Gasteiger partial charge in [0.15, 0.2) is 5.13 Å². The van der Waals surface area contributed by atoms with Gasteiger partial charge in [-0.2, -0.15) is 0 Å². The summed E-state index contributed by atoms with van der Waals surface area (Å²) >= 11 is 3.91. The standard InChI is InChI=1S/C15H16N8O4S3/c1-22-15(19-20-21-22)29-5-6-4-28-12-9(11(25)23(12)10(6)13(26)27)18-8(24)2-7-3-17-14(16)30-7/h3,9,12H,2,4-5H2,1H3,(H2,16,17)(H,18,24)(H,26,27)/t9?,12-/m0/s1. The lowest BCUT2D eigenvalue weighted by Gasteiger charge is -2.49. The fourth-order valence-corrected chi connectivity index (χ4v) is 6.09. The van der Waals surface area contributed by atoms with Crippen LogP contribution in [0.4, 0.5) is 5.13 Å². The van der Waals surface area contributed by atoms with Gasteiger partial charge in [-0.05, 0) is 16.0 Å². The van der Waals surface area contributed by atoms with Gasteiger partial charge in [0, 0.05) is 29.6 Å². The van der Waals surface area contributed by atoms with E-state index < -0.39 is 23.3 Å². The molecule has 4 rings (SSSR count). The van der Waals surface area contributed by atoms with E-state index in [9.17, 15) is 19.5 Å². The summed E-state index contributed by atoms with van der Waals surface area (Å²) in [6.45, 7) is 0. The molecule has 2 atom stereocenters. The predicted molar refractivity (Wildman–Crippen MR) is 109 cm³/mol. The van der Waals surface area contributed by atoms with Crippen LogP contribution in [0, 0.1) is 0 Å². The molecule has 0 spiro atoms. The van der Waals surface area contributed by atoms with E-state index in [0.717, 1.165) is 0 Å². The third kappa shape index (κ3) is 3.87. The van der Waals surface area contributed by atoms with Crippen molar-refractivity contribution in [3.63, 3.8) is 0 Å². The summed E-state index contributed by atoms with van der Waals surface area (Å²) in [5.74, 6) is -1.20. The number of anilines is 1. The minimum atomic E-state index is -1.18. The molecular formula is C15H16N8O4S3. The third-order valence-corrected chi connectivity index (χ3v) is 7.69. The molecule has 2 aromatic rings. The number of nitrogens with two attached hydrogens (primary N) is 1. The van der Waals surface area contributed by atoms with Crippen molar-refractivity contribution in [2.45, 2.75) is 23.0 Å². The van der Waals surface area contributed by atoms with E-state index in [2.05, 4.69) is 25.8 Å². The maximum atomic E-state index is 12.7. The number of tetrazole rings is 1. The molecule has 1 fully saturated rings. The number of hydrogen-bond acceptors (Lipinski definition) is 11. The van der Waals surface area contributed by atoms with Crippen molar-refractivity contribution in [2.24, 2.45) is 7.05 Å². The Morgan fingerprint density at radius 3 is 2.90 bits per heavy atom. The van der Waals surface area contributed by atoms with Crippen LogP contribution < -0.4 is 11.1 Å². The largest absolute Gasteiger partial charge is 0.477 e. The van der Waals surface area contributed by atoms with E-state index in [-0.39, 0.29) is 18.0 Å². The van der Waals surface area contributed by atoms with Gasteiger partial charge in [0.05, 0.1) is 6.42 Å². The molecule has 12 nitrogen and oxygen atoms in total. The number of hydrogen-bond donors (Lipinski definition) is 3. The molecule has 158 valence electrons. The molecule has 0 radical (unpaired) electrons. The van der Waals surface area contributed by atoms with Gasteiger partial charge in [-0.25, -0.2) is 14.5 Å². The molecule has 4 heterocycles. The van der Waals surface area contributed by atoms with Crippen LogP contribution in [0.3, 0.4) is 0 Å². The quantitative estimate of drug-likeness (QED) is 0.348. The number of carboxylic acid groups (broad SMARTS) is 1. The van der Waals surface area contributed by atoms with Gasteiger partial charge in [0.25, 0.3) is 5.91 Å². The van der Waals surface area contributed by atoms with E-state index in [1.54, 1.807) is 7.05 Å². The van der Waals surface area contributed by atoms with Gasteiger partial charge in [0.2, 0.25) is 11.1 Å². The van der Waals surface area contributed by atoms with Crippen molar-refractivity contribution in [2.75, 3.05) is 17.2 Å². The summed E-state index contributed by atoms with van der Waals surface area (Å²) in [4.78, 5) is 42.7. The Labute approximate surface area is 182 Å². The number of aryl methyl sites for hydroxylation is 1. The van der Waals surface area contributed by atoms with Gasteiger partial charge in [-0.1, -0.05) is 11.8 Å². The smallest absolute Gasteiger partial charge is 0.352 e. The molecule has 4 N–H and O–H groups in total. The highest BCUT2D eigenvalue weighted by Gasteiger charge is 2.54. The molecule has 2 amide bonds. The number of fused-ring (bicyclic) bond motifs is 1. The number of rotatable bonds is 7. The molecule has 0 bridgehead atoms. The van der Waals surface area contributed by atoms with Crippen LogP contribution in [0.15, 0.2) is 22.6 Å². The highest BCUT2D eigenvalue weighted by Crippen LogP contribution is 2.41. The highest BCUT2D eigenvalue weighted by atomic mass is 32.2. The number of β-lactam (4-membered cyclic amide) rings is 1. The second-order valence-electron chi connectivity index (χ2n) is 6.43. The van der Waals surface area contributed by atoms with E-state index in [1.807, 2.05) is 0 Å². The molecule has 0 saturated carbocycles. The van der Waals surface area contributed by atoms with Crippen molar-refractivity contribution in [1.82, 2.24) is 35.4 Å². The van der Waals surface area contributed by atoms with Crippen molar-refractivity contribution in [3.05, 3.63) is 22.3 Å². The zero-order valence-corrected chi connectivity index (χ0v) is 18.0. The zero-order valence-electron chi connectivity index (χ0n) is 15.5. The van der Waals surface area contributed by atoms with Crippen molar-refractivity contribution >= 4 is 57.8 Å². The first kappa shape index (κ1) is 20.6. The Morgan fingerprint density at radius 1 is 1.47 bits per heavy atom. The Hall–Kier alpha value is -2.65. The Balaban J connectivity index is 1.44. The lowest BCUT2D eigenvalue weighted by atomic mass is 10.0. The summed E-state index contributed by atoms with van der Waals surface area (Å²) in [5.41, 5.74) is 6.13. The van der Waals surface area contributed by atoms with Crippen LogP contribution in [0.2, 0.25) is 0 Å². The summed E-state index contributed by atoms with van der Waals surface area (Å²) in [6, 6.07) is -0.765. The average Bonchev–Trinajstić information content (AvgIpc) is 3.31. The minimum absolute atomic E-state index is 0.0351. The molecule has 15 heteroatoms. The van der Waals surface area contributed by atoms with E-state index in [1.165, 1.54) is 50.6 Å². The molecule has 0 aliphatic carbocycles. The van der Waals surface area contributed by atoms with Crippen molar-refractivity contribution < 1.29 is 19.5 Å². The van der Waals surface area contributed by atoms with Gasteiger partial charge in [-0.3, -0.25) is 14.5 Å². The van der Waals surface area contributed by atoms with Crippen molar-refractivity contribution in [1.29, 1.82) is 0 Å². The Bertz CT molecular complexity index is 1050. The second-order valence-corrected chi connectivity index (χ2v) is 9.62. The van der Waals surface area contributed by atoms with E-state index in [0.29, 0.717) is 32.2 Å². The van der Waals surface area contributed by atoms with Crippen LogP contribution in [0.1, 0.15) is 4.88 Å². The lowest BCUT2D eigenvalue weighted by Crippen LogP contribution is -2.70. The fraction of sp³-hybridized carbons (Fsp3) is 0.400. The van der Waals surface area contributed by atoms with Crippen LogP contribution in [-0.2, 0) is 27.9 Å². The number of carbonyl (C=O) groups is 3. The van der Waals surface area contributed by atoms with Gasteiger partial charge in [-0.15, -0.1) is 28.2 Å². The molecule has 1 saturated heterocycles. The van der Waals surface area contributed by atoms with Gasteiger partial charge in [0.1, 0.15) is 17.1 Å². The van der Waals surface area contributed by atoms with Crippen LogP contribution >= 0.6 is 34.9 Å². The molecule has 30 heavy (non-hydrogen) atoms. The Morgan fingerprint density at radius 2 is 2.27 bits per heavy atom. The van der Waals surface area contributed by atoms with E-state index >= 15 is 0 Å². The topological polar surface area (TPSA) is 169 Å². The maximum Gasteiger partial charge on any atom is 0.352 e. The Kier molecular flexibility index (Phi) is 5.66. The summed E-state index contributed by atoms with van der Waals surface area (Å²) in [7, 11) is 1.69. The molecular weight excluding hydrogens is 452 g/mol. The van der Waals surface area contributed by atoms with Crippen LogP contribution in [-0.4, -0.2) is 75.9 Å². The predicted octanol–water partition coefficient (Wildman–Crippen LogP) is -0.678. The second kappa shape index (κ2) is 8.23. The zero-order chi connectivity index (χ0) is 21.4. The molecule has 2 aromatic heterocycles. The number of nitrogen functional groups attached to an aromatic ring is 1. The molecule has 1 unspecified atom stereocenters.